The molecule has 0 aliphatic heterocycles. The van der Waals surface area contributed by atoms with Gasteiger partial charge in [0.1, 0.15) is 5.78 Å². The number of pyridine rings is 1. The van der Waals surface area contributed by atoms with Gasteiger partial charge < -0.3 is 4.74 Å². The fourth-order valence-corrected chi connectivity index (χ4v) is 3.93. The molecule has 0 radical (unpaired) electrons. The smallest absolute Gasteiger partial charge is 0.193 e. The Kier molecular flexibility index (Phi) is 6.26. The van der Waals surface area contributed by atoms with Crippen molar-refractivity contribution in [2.75, 3.05) is 13.7 Å². The van der Waals surface area contributed by atoms with E-state index in [1.165, 1.54) is 17.2 Å². The molecule has 9 nitrogen and oxygen atoms in total. The van der Waals surface area contributed by atoms with Crippen molar-refractivity contribution in [2.24, 2.45) is 0 Å². The molecule has 1 atom stereocenters. The number of Topliss-reactive ketones (excluding diaryl/α,β-unsaturated/α-hetero) is 1. The minimum absolute atomic E-state index is 0.00639. The van der Waals surface area contributed by atoms with Crippen molar-refractivity contribution < 1.29 is 9.53 Å². The molecule has 4 heterocycles. The fraction of sp³-hybridized carbons (Fsp3) is 0.300. The van der Waals surface area contributed by atoms with E-state index < -0.39 is 0 Å². The van der Waals surface area contributed by atoms with Gasteiger partial charge in [-0.3, -0.25) is 4.79 Å². The molecule has 0 fully saturated rings. The number of aromatic nitrogens is 7. The first-order valence-electron chi connectivity index (χ1n) is 9.51. The van der Waals surface area contributed by atoms with Crippen molar-refractivity contribution in [3.63, 3.8) is 0 Å². The number of hydrogen-bond donors (Lipinski definition) is 0. The Morgan fingerprint density at radius 1 is 1.13 bits per heavy atom. The second-order valence-corrected chi connectivity index (χ2v) is 7.92. The zero-order valence-corrected chi connectivity index (χ0v) is 18.4. The van der Waals surface area contributed by atoms with E-state index in [9.17, 15) is 4.79 Å². The van der Waals surface area contributed by atoms with Gasteiger partial charge in [0.25, 0.3) is 0 Å². The highest BCUT2D eigenvalue weighted by Crippen LogP contribution is 2.24. The van der Waals surface area contributed by atoms with Crippen LogP contribution in [0.5, 0.6) is 0 Å². The fourth-order valence-electron chi connectivity index (χ4n) is 3.49. The average molecular weight is 460 g/mol. The van der Waals surface area contributed by atoms with Crippen LogP contribution in [-0.4, -0.2) is 54.1 Å². The number of methoxy groups -OCH3 is 1. The molecule has 0 spiro atoms. The van der Waals surface area contributed by atoms with Gasteiger partial charge in [0.2, 0.25) is 0 Å². The third-order valence-corrected chi connectivity index (χ3v) is 5.19. The summed E-state index contributed by atoms with van der Waals surface area (Å²) in [6, 6.07) is 3.38. The molecule has 31 heavy (non-hydrogen) atoms. The van der Waals surface area contributed by atoms with Crippen LogP contribution in [0.1, 0.15) is 29.7 Å². The summed E-state index contributed by atoms with van der Waals surface area (Å²) >= 11 is 12.4. The van der Waals surface area contributed by atoms with Crippen LogP contribution in [-0.2, 0) is 22.4 Å². The lowest BCUT2D eigenvalue weighted by Gasteiger charge is -2.16. The van der Waals surface area contributed by atoms with Crippen molar-refractivity contribution in [3.8, 4) is 5.82 Å². The maximum absolute atomic E-state index is 12.9. The first-order valence-corrected chi connectivity index (χ1v) is 10.3. The highest BCUT2D eigenvalue weighted by atomic mass is 35.5. The van der Waals surface area contributed by atoms with Crippen LogP contribution in [0.25, 0.3) is 11.5 Å². The van der Waals surface area contributed by atoms with E-state index in [4.69, 9.17) is 27.9 Å². The number of fused-ring (bicyclic) bond motifs is 1. The zero-order chi connectivity index (χ0) is 22.0. The maximum atomic E-state index is 12.9. The van der Waals surface area contributed by atoms with E-state index in [-0.39, 0.29) is 24.5 Å². The van der Waals surface area contributed by atoms with Crippen LogP contribution >= 0.6 is 23.2 Å². The van der Waals surface area contributed by atoms with Gasteiger partial charge in [-0.25, -0.2) is 14.5 Å². The van der Waals surface area contributed by atoms with Crippen LogP contribution in [0.2, 0.25) is 10.2 Å². The molecule has 0 amide bonds. The molecule has 4 rings (SSSR count). The minimum atomic E-state index is -0.00812. The molecule has 0 bridgehead atoms. The largest absolute Gasteiger partial charge is 0.384 e. The molecule has 0 unspecified atom stereocenters. The number of rotatable bonds is 8. The van der Waals surface area contributed by atoms with Crippen LogP contribution in [0.15, 0.2) is 36.9 Å². The molecule has 0 aromatic carbocycles. The summed E-state index contributed by atoms with van der Waals surface area (Å²) in [4.78, 5) is 22.9. The zero-order valence-electron chi connectivity index (χ0n) is 16.9. The van der Waals surface area contributed by atoms with Crippen molar-refractivity contribution >= 4 is 34.6 Å². The van der Waals surface area contributed by atoms with E-state index >= 15 is 0 Å². The molecule has 0 saturated heterocycles. The van der Waals surface area contributed by atoms with Crippen LogP contribution in [0.4, 0.5) is 0 Å². The van der Waals surface area contributed by atoms with Gasteiger partial charge in [-0.1, -0.05) is 30.1 Å². The van der Waals surface area contributed by atoms with E-state index in [1.807, 2.05) is 6.92 Å². The highest BCUT2D eigenvalue weighted by Gasteiger charge is 2.20. The Hall–Kier alpha value is -2.88. The highest BCUT2D eigenvalue weighted by molar-refractivity contribution is 6.32. The Morgan fingerprint density at radius 2 is 1.90 bits per heavy atom. The first-order chi connectivity index (χ1) is 15.0. The SMILES string of the molecule is COC[C@H](C)c1c(CC(=O)Cc2cnc(-n3nccn3)c(Cl)c2)cnc2cc(Cl)nn12. The van der Waals surface area contributed by atoms with E-state index in [1.54, 1.807) is 36.2 Å². The second-order valence-electron chi connectivity index (χ2n) is 7.12. The van der Waals surface area contributed by atoms with E-state index in [0.717, 1.165) is 11.3 Å². The lowest BCUT2D eigenvalue weighted by atomic mass is 9.98. The van der Waals surface area contributed by atoms with Gasteiger partial charge in [0.05, 0.1) is 29.7 Å². The lowest BCUT2D eigenvalue weighted by Crippen LogP contribution is -2.16. The van der Waals surface area contributed by atoms with Crippen molar-refractivity contribution in [2.45, 2.75) is 25.7 Å². The molecule has 0 aliphatic carbocycles. The number of carbonyl (C=O) groups is 1. The van der Waals surface area contributed by atoms with Crippen molar-refractivity contribution in [1.29, 1.82) is 0 Å². The summed E-state index contributed by atoms with van der Waals surface area (Å²) in [5, 5.41) is 13.1. The predicted octanol–water partition coefficient (Wildman–Crippen LogP) is 3.12. The summed E-state index contributed by atoms with van der Waals surface area (Å²) in [6.45, 7) is 2.48. The second kappa shape index (κ2) is 9.09. The Morgan fingerprint density at radius 3 is 2.61 bits per heavy atom. The van der Waals surface area contributed by atoms with Gasteiger partial charge in [-0.15, -0.1) is 4.80 Å². The summed E-state index contributed by atoms with van der Waals surface area (Å²) in [7, 11) is 1.63. The normalized spacial score (nSPS) is 12.4. The van der Waals surface area contributed by atoms with Crippen molar-refractivity contribution in [1.82, 2.24) is 34.6 Å². The lowest BCUT2D eigenvalue weighted by molar-refractivity contribution is -0.117. The molecule has 0 saturated carbocycles. The van der Waals surface area contributed by atoms with E-state index in [2.05, 4.69) is 25.3 Å². The topological polar surface area (TPSA) is 100 Å². The number of hydrogen-bond acceptors (Lipinski definition) is 7. The third kappa shape index (κ3) is 4.58. The molecular weight excluding hydrogens is 441 g/mol. The minimum Gasteiger partial charge on any atom is -0.384 e. The Bertz CT molecular complexity index is 1220. The third-order valence-electron chi connectivity index (χ3n) is 4.73. The van der Waals surface area contributed by atoms with Crippen molar-refractivity contribution in [3.05, 3.63) is 63.9 Å². The Balaban J connectivity index is 1.57. The van der Waals surface area contributed by atoms with Gasteiger partial charge in [-0.2, -0.15) is 15.3 Å². The van der Waals surface area contributed by atoms with Gasteiger partial charge >= 0.3 is 0 Å². The van der Waals surface area contributed by atoms with Crippen LogP contribution < -0.4 is 0 Å². The summed E-state index contributed by atoms with van der Waals surface area (Å²) < 4.78 is 6.99. The van der Waals surface area contributed by atoms with Crippen LogP contribution in [0, 0.1) is 0 Å². The standard InChI is InChI=1S/C20H19Cl2N7O2/c1-12(11-31-2)19-14(10-23-18-8-17(22)27-28(18)19)7-15(30)5-13-6-16(21)20(24-9-13)29-25-3-4-26-29/h3-4,6,8-10,12H,5,7,11H2,1-2H3/t12-/m0/s1. The molecule has 11 heteroatoms. The number of carbonyl (C=O) groups excluding carboxylic acids is 1. The maximum Gasteiger partial charge on any atom is 0.193 e. The monoisotopic (exact) mass is 459 g/mol. The molecular formula is C20H19Cl2N7O2. The number of ketones is 1. The molecule has 0 N–H and O–H groups in total. The molecule has 0 aliphatic rings. The average Bonchev–Trinajstić information content (AvgIpc) is 3.37. The van der Waals surface area contributed by atoms with Gasteiger partial charge in [-0.05, 0) is 17.2 Å². The quantitative estimate of drug-likeness (QED) is 0.398. The van der Waals surface area contributed by atoms with Gasteiger partial charge in [0, 0.05) is 44.3 Å². The number of halogens is 2. The predicted molar refractivity (Wildman–Crippen MR) is 115 cm³/mol. The first kappa shape index (κ1) is 21.4. The Labute approximate surface area is 188 Å². The van der Waals surface area contributed by atoms with Crippen LogP contribution in [0.3, 0.4) is 0 Å². The number of ether oxygens (including phenoxy) is 1. The number of nitrogens with zero attached hydrogens (tertiary/aromatic N) is 7. The molecule has 160 valence electrons. The van der Waals surface area contributed by atoms with Gasteiger partial charge in [0.15, 0.2) is 16.6 Å². The molecule has 4 aromatic heterocycles. The summed E-state index contributed by atoms with van der Waals surface area (Å²) in [5.74, 6) is 0.392. The molecule has 4 aromatic rings. The van der Waals surface area contributed by atoms with E-state index in [0.29, 0.717) is 33.8 Å². The summed E-state index contributed by atoms with van der Waals surface area (Å²) in [6.07, 6.45) is 6.74. The summed E-state index contributed by atoms with van der Waals surface area (Å²) in [5.41, 5.74) is 2.95.